The summed E-state index contributed by atoms with van der Waals surface area (Å²) in [4.78, 5) is 12.6. The monoisotopic (exact) mass is 409 g/mol. The van der Waals surface area contributed by atoms with Crippen LogP contribution in [0.5, 0.6) is 5.75 Å². The molecule has 3 aromatic rings. The number of sulfonamides is 1. The molecule has 0 aliphatic carbocycles. The largest absolute Gasteiger partial charge is 0.423 e. The van der Waals surface area contributed by atoms with Crippen LogP contribution in [0.3, 0.4) is 0 Å². The molecule has 0 heterocycles. The smallest absolute Gasteiger partial charge is 0.343 e. The molecular weight excluding hydrogens is 386 g/mol. The third kappa shape index (κ3) is 4.55. The normalized spacial score (nSPS) is 11.5. The number of aryl methyl sites for hydroxylation is 2. The van der Waals surface area contributed by atoms with Crippen molar-refractivity contribution < 1.29 is 17.9 Å². The van der Waals surface area contributed by atoms with E-state index in [-0.39, 0.29) is 10.5 Å². The molecule has 29 heavy (non-hydrogen) atoms. The average molecular weight is 410 g/mol. The van der Waals surface area contributed by atoms with Crippen LogP contribution in [-0.2, 0) is 10.0 Å². The van der Waals surface area contributed by atoms with Crippen molar-refractivity contribution in [3.63, 3.8) is 0 Å². The lowest BCUT2D eigenvalue weighted by Gasteiger charge is -2.13. The van der Waals surface area contributed by atoms with Crippen LogP contribution in [0.1, 0.15) is 21.5 Å². The molecule has 3 aromatic carbocycles. The van der Waals surface area contributed by atoms with Gasteiger partial charge in [-0.15, -0.1) is 0 Å². The summed E-state index contributed by atoms with van der Waals surface area (Å²) in [7, 11) is -0.740. The summed E-state index contributed by atoms with van der Waals surface area (Å²) in [6, 6.07) is 19.6. The van der Waals surface area contributed by atoms with E-state index < -0.39 is 16.0 Å². The van der Waals surface area contributed by atoms with Gasteiger partial charge in [-0.2, -0.15) is 0 Å². The summed E-state index contributed by atoms with van der Waals surface area (Å²) in [5, 5.41) is 0. The van der Waals surface area contributed by atoms with Gasteiger partial charge in [0.1, 0.15) is 5.75 Å². The second-order valence-corrected chi connectivity index (χ2v) is 9.20. The standard InChI is InChI=1S/C23H23NO4S/c1-16-8-10-18(11-9-16)19-12-13-22(17(2)14-19)28-23(25)20-6-5-7-21(15-20)29(26,27)24(3)4/h5-15H,1-4H3. The Kier molecular flexibility index (Phi) is 5.86. The first-order chi connectivity index (χ1) is 13.7. The fraction of sp³-hybridized carbons (Fsp3) is 0.174. The van der Waals surface area contributed by atoms with Gasteiger partial charge in [0.05, 0.1) is 10.5 Å². The van der Waals surface area contributed by atoms with Gasteiger partial charge in [-0.25, -0.2) is 17.5 Å². The van der Waals surface area contributed by atoms with Gasteiger partial charge in [0.25, 0.3) is 0 Å². The highest BCUT2D eigenvalue weighted by Crippen LogP contribution is 2.27. The number of rotatable bonds is 5. The predicted molar refractivity (Wildman–Crippen MR) is 114 cm³/mol. The van der Waals surface area contributed by atoms with Gasteiger partial charge in [0, 0.05) is 14.1 Å². The van der Waals surface area contributed by atoms with Gasteiger partial charge < -0.3 is 4.74 Å². The predicted octanol–water partition coefficient (Wildman–Crippen LogP) is 4.44. The number of carbonyl (C=O) groups excluding carboxylic acids is 1. The topological polar surface area (TPSA) is 63.7 Å². The zero-order valence-electron chi connectivity index (χ0n) is 16.8. The average Bonchev–Trinajstić information content (AvgIpc) is 2.70. The van der Waals surface area contributed by atoms with Gasteiger partial charge in [-0.05, 0) is 60.9 Å². The lowest BCUT2D eigenvalue weighted by atomic mass is 10.0. The molecule has 0 aromatic heterocycles. The van der Waals surface area contributed by atoms with Crippen LogP contribution in [0.25, 0.3) is 11.1 Å². The second kappa shape index (κ2) is 8.19. The van der Waals surface area contributed by atoms with Crippen LogP contribution < -0.4 is 4.74 Å². The Morgan fingerprint density at radius 3 is 2.14 bits per heavy atom. The number of hydrogen-bond donors (Lipinski definition) is 0. The quantitative estimate of drug-likeness (QED) is 0.462. The van der Waals surface area contributed by atoms with Gasteiger partial charge in [-0.3, -0.25) is 0 Å². The fourth-order valence-corrected chi connectivity index (χ4v) is 3.79. The van der Waals surface area contributed by atoms with E-state index >= 15 is 0 Å². The van der Waals surface area contributed by atoms with E-state index in [0.717, 1.165) is 21.0 Å². The molecular formula is C23H23NO4S. The summed E-state index contributed by atoms with van der Waals surface area (Å²) in [5.74, 6) is -0.168. The molecule has 150 valence electrons. The zero-order valence-corrected chi connectivity index (χ0v) is 17.7. The van der Waals surface area contributed by atoms with Crippen molar-refractivity contribution >= 4 is 16.0 Å². The Morgan fingerprint density at radius 1 is 0.862 bits per heavy atom. The summed E-state index contributed by atoms with van der Waals surface area (Å²) < 4.78 is 31.2. The molecule has 0 fully saturated rings. The van der Waals surface area contributed by atoms with Crippen molar-refractivity contribution in [3.05, 3.63) is 83.4 Å². The molecule has 0 aliphatic rings. The first-order valence-corrected chi connectivity index (χ1v) is 10.5. The first-order valence-electron chi connectivity index (χ1n) is 9.11. The lowest BCUT2D eigenvalue weighted by molar-refractivity contribution is 0.0733. The van der Waals surface area contributed by atoms with Crippen LogP contribution in [0.15, 0.2) is 71.6 Å². The van der Waals surface area contributed by atoms with E-state index in [4.69, 9.17) is 4.74 Å². The van der Waals surface area contributed by atoms with Crippen LogP contribution >= 0.6 is 0 Å². The number of hydrogen-bond acceptors (Lipinski definition) is 4. The molecule has 3 rings (SSSR count). The summed E-state index contributed by atoms with van der Waals surface area (Å²) in [5.41, 5.74) is 4.29. The van der Waals surface area contributed by atoms with Crippen LogP contribution in [0.2, 0.25) is 0 Å². The van der Waals surface area contributed by atoms with E-state index in [9.17, 15) is 13.2 Å². The highest BCUT2D eigenvalue weighted by atomic mass is 32.2. The Bertz CT molecular complexity index is 1150. The molecule has 5 nitrogen and oxygen atoms in total. The summed E-state index contributed by atoms with van der Waals surface area (Å²) in [6.45, 7) is 3.91. The van der Waals surface area contributed by atoms with E-state index in [2.05, 4.69) is 0 Å². The zero-order chi connectivity index (χ0) is 21.2. The minimum atomic E-state index is -3.63. The van der Waals surface area contributed by atoms with Crippen LogP contribution in [-0.4, -0.2) is 32.8 Å². The molecule has 6 heteroatoms. The van der Waals surface area contributed by atoms with Crippen LogP contribution in [0, 0.1) is 13.8 Å². The maximum Gasteiger partial charge on any atom is 0.343 e. The molecule has 0 atom stereocenters. The van der Waals surface area contributed by atoms with E-state index in [1.54, 1.807) is 6.07 Å². The summed E-state index contributed by atoms with van der Waals surface area (Å²) >= 11 is 0. The molecule has 0 N–H and O–H groups in total. The molecule has 0 bridgehead atoms. The maximum absolute atomic E-state index is 12.6. The first kappa shape index (κ1) is 20.8. The van der Waals surface area contributed by atoms with Gasteiger partial charge in [-0.1, -0.05) is 42.0 Å². The number of ether oxygens (including phenoxy) is 1. The molecule has 0 radical (unpaired) electrons. The maximum atomic E-state index is 12.6. The number of esters is 1. The number of benzene rings is 3. The molecule has 0 spiro atoms. The molecule has 0 saturated heterocycles. The SMILES string of the molecule is Cc1ccc(-c2ccc(OC(=O)c3cccc(S(=O)(=O)N(C)C)c3)c(C)c2)cc1. The fourth-order valence-electron chi connectivity index (χ4n) is 2.84. The molecule has 0 saturated carbocycles. The Morgan fingerprint density at radius 2 is 1.52 bits per heavy atom. The van der Waals surface area contributed by atoms with Crippen molar-refractivity contribution in [3.8, 4) is 16.9 Å². The molecule has 0 amide bonds. The van der Waals surface area contributed by atoms with E-state index in [1.165, 1.54) is 43.9 Å². The van der Waals surface area contributed by atoms with Gasteiger partial charge in [0.15, 0.2) is 0 Å². The number of carbonyl (C=O) groups is 1. The third-order valence-corrected chi connectivity index (χ3v) is 6.42. The summed E-state index contributed by atoms with van der Waals surface area (Å²) in [6.07, 6.45) is 0. The molecule has 0 aliphatic heterocycles. The highest BCUT2D eigenvalue weighted by molar-refractivity contribution is 7.89. The van der Waals surface area contributed by atoms with Crippen LogP contribution in [0.4, 0.5) is 0 Å². The van der Waals surface area contributed by atoms with E-state index in [0.29, 0.717) is 5.75 Å². The van der Waals surface area contributed by atoms with Gasteiger partial charge in [0.2, 0.25) is 10.0 Å². The molecule has 0 unspecified atom stereocenters. The van der Waals surface area contributed by atoms with Gasteiger partial charge >= 0.3 is 5.97 Å². The Hall–Kier alpha value is -2.96. The Labute approximate surface area is 171 Å². The Balaban J connectivity index is 1.83. The number of nitrogens with zero attached hydrogens (tertiary/aromatic N) is 1. The van der Waals surface area contributed by atoms with Crippen molar-refractivity contribution in [2.24, 2.45) is 0 Å². The third-order valence-electron chi connectivity index (χ3n) is 4.61. The van der Waals surface area contributed by atoms with Crippen molar-refractivity contribution in [2.75, 3.05) is 14.1 Å². The van der Waals surface area contributed by atoms with Crippen molar-refractivity contribution in [2.45, 2.75) is 18.7 Å². The second-order valence-electron chi connectivity index (χ2n) is 7.05. The van der Waals surface area contributed by atoms with Crippen molar-refractivity contribution in [1.29, 1.82) is 0 Å². The minimum Gasteiger partial charge on any atom is -0.423 e. The highest BCUT2D eigenvalue weighted by Gasteiger charge is 2.19. The lowest BCUT2D eigenvalue weighted by Crippen LogP contribution is -2.22. The van der Waals surface area contributed by atoms with Crippen molar-refractivity contribution in [1.82, 2.24) is 4.31 Å². The van der Waals surface area contributed by atoms with E-state index in [1.807, 2.05) is 50.2 Å². The minimum absolute atomic E-state index is 0.0448.